The third kappa shape index (κ3) is 4.55. The van der Waals surface area contributed by atoms with Gasteiger partial charge in [0.25, 0.3) is 0 Å². The molecular weight excluding hydrogens is 363 g/mol. The molecule has 2 aromatic rings. The molecule has 0 aromatic heterocycles. The Bertz CT molecular complexity index is 701. The SMILES string of the molecule is COC(=O)c1cc(Br)c(CCCc2cccc(OC)c2)cc1F. The van der Waals surface area contributed by atoms with Crippen LogP contribution in [-0.4, -0.2) is 20.2 Å². The molecule has 0 heterocycles. The van der Waals surface area contributed by atoms with Crippen LogP contribution >= 0.6 is 15.9 Å². The first-order valence-electron chi connectivity index (χ1n) is 7.24. The smallest absolute Gasteiger partial charge is 0.340 e. The largest absolute Gasteiger partial charge is 0.497 e. The molecule has 2 rings (SSSR count). The van der Waals surface area contributed by atoms with Crippen LogP contribution in [0.15, 0.2) is 40.9 Å². The third-order valence-corrected chi connectivity index (χ3v) is 4.33. The van der Waals surface area contributed by atoms with Gasteiger partial charge in [-0.1, -0.05) is 28.1 Å². The quantitative estimate of drug-likeness (QED) is 0.689. The summed E-state index contributed by atoms with van der Waals surface area (Å²) in [5.41, 5.74) is 1.95. The van der Waals surface area contributed by atoms with Crippen molar-refractivity contribution in [1.29, 1.82) is 0 Å². The summed E-state index contributed by atoms with van der Waals surface area (Å²) < 4.78 is 24.5. The number of rotatable bonds is 6. The predicted molar refractivity (Wildman–Crippen MR) is 90.5 cm³/mol. The van der Waals surface area contributed by atoms with Gasteiger partial charge < -0.3 is 9.47 Å². The van der Waals surface area contributed by atoms with Gasteiger partial charge in [0.05, 0.1) is 19.8 Å². The van der Waals surface area contributed by atoms with Crippen molar-refractivity contribution >= 4 is 21.9 Å². The highest BCUT2D eigenvalue weighted by atomic mass is 79.9. The molecule has 0 amide bonds. The fourth-order valence-corrected chi connectivity index (χ4v) is 2.90. The van der Waals surface area contributed by atoms with Crippen LogP contribution in [0.2, 0.25) is 0 Å². The average molecular weight is 381 g/mol. The van der Waals surface area contributed by atoms with Crippen molar-refractivity contribution in [2.24, 2.45) is 0 Å². The molecule has 0 aliphatic heterocycles. The van der Waals surface area contributed by atoms with Crippen LogP contribution in [0.5, 0.6) is 5.75 Å². The summed E-state index contributed by atoms with van der Waals surface area (Å²) in [4.78, 5) is 11.5. The number of hydrogen-bond donors (Lipinski definition) is 0. The molecular formula is C18H18BrFO3. The summed E-state index contributed by atoms with van der Waals surface area (Å²) in [6.07, 6.45) is 2.43. The van der Waals surface area contributed by atoms with Gasteiger partial charge in [-0.15, -0.1) is 0 Å². The number of hydrogen-bond acceptors (Lipinski definition) is 3. The van der Waals surface area contributed by atoms with Crippen LogP contribution in [0.4, 0.5) is 4.39 Å². The number of benzene rings is 2. The van der Waals surface area contributed by atoms with Gasteiger partial charge in [-0.2, -0.15) is 0 Å². The van der Waals surface area contributed by atoms with Gasteiger partial charge in [0.15, 0.2) is 0 Å². The van der Waals surface area contributed by atoms with Crippen molar-refractivity contribution in [1.82, 2.24) is 0 Å². The van der Waals surface area contributed by atoms with Gasteiger partial charge in [0.1, 0.15) is 11.6 Å². The molecule has 0 aliphatic carbocycles. The summed E-state index contributed by atoms with van der Waals surface area (Å²) in [7, 11) is 2.87. The van der Waals surface area contributed by atoms with Gasteiger partial charge in [0.2, 0.25) is 0 Å². The summed E-state index contributed by atoms with van der Waals surface area (Å²) in [5, 5.41) is 0. The zero-order valence-electron chi connectivity index (χ0n) is 13.1. The summed E-state index contributed by atoms with van der Waals surface area (Å²) in [5.74, 6) is -0.403. The molecule has 3 nitrogen and oxygen atoms in total. The lowest BCUT2D eigenvalue weighted by atomic mass is 10.0. The summed E-state index contributed by atoms with van der Waals surface area (Å²) >= 11 is 3.39. The lowest BCUT2D eigenvalue weighted by Crippen LogP contribution is -2.05. The lowest BCUT2D eigenvalue weighted by molar-refractivity contribution is 0.0595. The normalized spacial score (nSPS) is 10.4. The van der Waals surface area contributed by atoms with E-state index in [0.29, 0.717) is 10.9 Å². The van der Waals surface area contributed by atoms with Crippen LogP contribution < -0.4 is 4.74 Å². The molecule has 23 heavy (non-hydrogen) atoms. The summed E-state index contributed by atoms with van der Waals surface area (Å²) in [6.45, 7) is 0. The Hall–Kier alpha value is -1.88. The van der Waals surface area contributed by atoms with Crippen LogP contribution in [-0.2, 0) is 17.6 Å². The monoisotopic (exact) mass is 380 g/mol. The van der Waals surface area contributed by atoms with Gasteiger partial charge >= 0.3 is 5.97 Å². The Morgan fingerprint density at radius 3 is 2.65 bits per heavy atom. The average Bonchev–Trinajstić information content (AvgIpc) is 2.57. The van der Waals surface area contributed by atoms with E-state index in [4.69, 9.17) is 4.74 Å². The number of carbonyl (C=O) groups excluding carboxylic acids is 1. The van der Waals surface area contributed by atoms with Crippen molar-refractivity contribution in [2.75, 3.05) is 14.2 Å². The Balaban J connectivity index is 2.03. The molecule has 2 aromatic carbocycles. The molecule has 0 N–H and O–H groups in total. The number of ether oxygens (including phenoxy) is 2. The van der Waals surface area contributed by atoms with Crippen LogP contribution in [0, 0.1) is 5.82 Å². The molecule has 0 fully saturated rings. The van der Waals surface area contributed by atoms with Crippen LogP contribution in [0.1, 0.15) is 27.9 Å². The van der Waals surface area contributed by atoms with Crippen LogP contribution in [0.25, 0.3) is 0 Å². The molecule has 0 aliphatic rings. The molecule has 5 heteroatoms. The van der Waals surface area contributed by atoms with Crippen molar-refractivity contribution in [3.05, 3.63) is 63.4 Å². The minimum atomic E-state index is -0.675. The molecule has 122 valence electrons. The second-order valence-electron chi connectivity index (χ2n) is 5.12. The molecule has 0 radical (unpaired) electrons. The second-order valence-corrected chi connectivity index (χ2v) is 5.97. The zero-order valence-corrected chi connectivity index (χ0v) is 14.7. The Kier molecular flexibility index (Phi) is 6.16. The van der Waals surface area contributed by atoms with Crippen molar-refractivity contribution in [2.45, 2.75) is 19.3 Å². The Morgan fingerprint density at radius 2 is 1.96 bits per heavy atom. The van der Waals surface area contributed by atoms with Crippen molar-refractivity contribution < 1.29 is 18.7 Å². The third-order valence-electron chi connectivity index (χ3n) is 3.59. The standard InChI is InChI=1S/C18H18BrFO3/c1-22-14-8-4-6-12(9-14)5-3-7-13-10-17(20)15(11-16(13)19)18(21)23-2/h4,6,8-11H,3,5,7H2,1-2H3. The number of aryl methyl sites for hydroxylation is 2. The molecule has 0 spiro atoms. The van der Waals surface area contributed by atoms with E-state index in [1.807, 2.05) is 24.3 Å². The maximum Gasteiger partial charge on any atom is 0.340 e. The lowest BCUT2D eigenvalue weighted by Gasteiger charge is -2.09. The fraction of sp³-hybridized carbons (Fsp3) is 0.278. The van der Waals surface area contributed by atoms with Crippen molar-refractivity contribution in [3.8, 4) is 5.75 Å². The van der Waals surface area contributed by atoms with E-state index in [-0.39, 0.29) is 5.56 Å². The highest BCUT2D eigenvalue weighted by Crippen LogP contribution is 2.24. The van der Waals surface area contributed by atoms with Gasteiger partial charge in [-0.25, -0.2) is 9.18 Å². The number of halogens is 2. The predicted octanol–water partition coefficient (Wildman–Crippen LogP) is 4.56. The van der Waals surface area contributed by atoms with E-state index in [2.05, 4.69) is 20.7 Å². The van der Waals surface area contributed by atoms with E-state index >= 15 is 0 Å². The van der Waals surface area contributed by atoms with Gasteiger partial charge in [-0.05, 0) is 54.7 Å². The molecule has 0 saturated heterocycles. The topological polar surface area (TPSA) is 35.5 Å². The molecule has 0 saturated carbocycles. The second kappa shape index (κ2) is 8.11. The number of esters is 1. The fourth-order valence-electron chi connectivity index (χ4n) is 2.36. The van der Waals surface area contributed by atoms with Crippen LogP contribution in [0.3, 0.4) is 0 Å². The molecule has 0 bridgehead atoms. The first-order chi connectivity index (χ1) is 11.0. The Morgan fingerprint density at radius 1 is 1.17 bits per heavy atom. The van der Waals surface area contributed by atoms with Gasteiger partial charge in [-0.3, -0.25) is 0 Å². The van der Waals surface area contributed by atoms with Crippen molar-refractivity contribution in [3.63, 3.8) is 0 Å². The van der Waals surface area contributed by atoms with E-state index in [1.54, 1.807) is 7.11 Å². The Labute approximate surface area is 143 Å². The number of methoxy groups -OCH3 is 2. The van der Waals surface area contributed by atoms with E-state index in [9.17, 15) is 9.18 Å². The van der Waals surface area contributed by atoms with E-state index < -0.39 is 11.8 Å². The molecule has 0 atom stereocenters. The van der Waals surface area contributed by atoms with E-state index in [0.717, 1.165) is 24.2 Å². The van der Waals surface area contributed by atoms with E-state index in [1.165, 1.54) is 24.8 Å². The maximum atomic E-state index is 14.0. The molecule has 0 unspecified atom stereocenters. The minimum absolute atomic E-state index is 0.0593. The zero-order chi connectivity index (χ0) is 16.8. The highest BCUT2D eigenvalue weighted by Gasteiger charge is 2.15. The first-order valence-corrected chi connectivity index (χ1v) is 8.03. The van der Waals surface area contributed by atoms with Gasteiger partial charge in [0, 0.05) is 4.47 Å². The summed E-state index contributed by atoms with van der Waals surface area (Å²) in [6, 6.07) is 10.8. The highest BCUT2D eigenvalue weighted by molar-refractivity contribution is 9.10. The minimum Gasteiger partial charge on any atom is -0.497 e. The first kappa shape index (κ1) is 17.5. The maximum absolute atomic E-state index is 14.0. The number of carbonyl (C=O) groups is 1.